The van der Waals surface area contributed by atoms with Crippen molar-refractivity contribution in [1.82, 2.24) is 10.2 Å². The minimum atomic E-state index is 0.00482. The van der Waals surface area contributed by atoms with Crippen molar-refractivity contribution in [3.8, 4) is 0 Å². The number of benzene rings is 1. The number of carbonyl (C=O) groups excluding carboxylic acids is 1. The molecule has 1 amide bonds. The van der Waals surface area contributed by atoms with Gasteiger partial charge in [-0.2, -0.15) is 0 Å². The zero-order valence-corrected chi connectivity index (χ0v) is 17.5. The number of hydrogen-bond acceptors (Lipinski definition) is 2. The lowest BCUT2D eigenvalue weighted by molar-refractivity contribution is -0.0503. The second-order valence-corrected chi connectivity index (χ2v) is 10.2. The Bertz CT molecular complexity index is 664. The molecular weight excluding hydrogens is 356 g/mol. The van der Waals surface area contributed by atoms with Crippen LogP contribution in [0.5, 0.6) is 0 Å². The highest BCUT2D eigenvalue weighted by molar-refractivity contribution is 6.33. The maximum Gasteiger partial charge on any atom is 0.252 e. The van der Waals surface area contributed by atoms with Crippen LogP contribution in [0.15, 0.2) is 18.2 Å². The van der Waals surface area contributed by atoms with Crippen molar-refractivity contribution in [2.75, 3.05) is 27.2 Å². The van der Waals surface area contributed by atoms with E-state index in [2.05, 4.69) is 24.3 Å². The lowest BCUT2D eigenvalue weighted by atomic mass is 9.49. The molecular formula is C23H33ClN2O. The summed E-state index contributed by atoms with van der Waals surface area (Å²) < 4.78 is 0. The van der Waals surface area contributed by atoms with Crippen molar-refractivity contribution in [2.45, 2.75) is 51.4 Å². The van der Waals surface area contributed by atoms with Crippen LogP contribution in [-0.2, 0) is 6.42 Å². The molecule has 0 atom stereocenters. The Kier molecular flexibility index (Phi) is 5.53. The maximum atomic E-state index is 12.9. The van der Waals surface area contributed by atoms with Gasteiger partial charge in [-0.25, -0.2) is 0 Å². The molecule has 0 aliphatic heterocycles. The topological polar surface area (TPSA) is 32.3 Å². The van der Waals surface area contributed by atoms with Gasteiger partial charge in [0.15, 0.2) is 0 Å². The Morgan fingerprint density at radius 3 is 2.37 bits per heavy atom. The number of nitrogens with one attached hydrogen (secondary N) is 1. The Morgan fingerprint density at radius 1 is 1.15 bits per heavy atom. The van der Waals surface area contributed by atoms with E-state index in [1.807, 2.05) is 18.2 Å². The Hall–Kier alpha value is -1.06. The number of halogens is 1. The van der Waals surface area contributed by atoms with Crippen LogP contribution in [0.1, 0.15) is 60.9 Å². The van der Waals surface area contributed by atoms with Crippen LogP contribution in [-0.4, -0.2) is 38.0 Å². The third kappa shape index (κ3) is 4.35. The first-order chi connectivity index (χ1) is 12.9. The molecule has 1 aromatic carbocycles. The van der Waals surface area contributed by atoms with Gasteiger partial charge in [0.1, 0.15) is 0 Å². The van der Waals surface area contributed by atoms with E-state index >= 15 is 0 Å². The highest BCUT2D eigenvalue weighted by atomic mass is 35.5. The smallest absolute Gasteiger partial charge is 0.252 e. The highest BCUT2D eigenvalue weighted by Crippen LogP contribution is 2.59. The van der Waals surface area contributed by atoms with E-state index < -0.39 is 0 Å². The third-order valence-corrected chi connectivity index (χ3v) is 7.46. The number of rotatable bonds is 7. The first kappa shape index (κ1) is 19.3. The number of aryl methyl sites for hydroxylation is 1. The summed E-state index contributed by atoms with van der Waals surface area (Å²) in [6.45, 7) is 1.88. The predicted octanol–water partition coefficient (Wildman–Crippen LogP) is 4.78. The van der Waals surface area contributed by atoms with Crippen molar-refractivity contribution < 1.29 is 4.79 Å². The molecule has 148 valence electrons. The molecule has 0 unspecified atom stereocenters. The van der Waals surface area contributed by atoms with Crippen LogP contribution >= 0.6 is 11.6 Å². The monoisotopic (exact) mass is 388 g/mol. The van der Waals surface area contributed by atoms with Gasteiger partial charge in [-0.05, 0) is 113 Å². The van der Waals surface area contributed by atoms with E-state index in [0.717, 1.165) is 43.7 Å². The summed E-state index contributed by atoms with van der Waals surface area (Å²) in [6, 6.07) is 5.92. The summed E-state index contributed by atoms with van der Waals surface area (Å²) in [5.74, 6) is 2.75. The molecule has 4 bridgehead atoms. The number of carbonyl (C=O) groups is 1. The van der Waals surface area contributed by atoms with E-state index in [9.17, 15) is 4.79 Å². The van der Waals surface area contributed by atoms with E-state index in [1.54, 1.807) is 0 Å². The van der Waals surface area contributed by atoms with E-state index in [-0.39, 0.29) is 5.91 Å². The average Bonchev–Trinajstić information content (AvgIpc) is 2.60. The molecule has 3 nitrogen and oxygen atoms in total. The fourth-order valence-electron chi connectivity index (χ4n) is 6.37. The Balaban J connectivity index is 1.38. The zero-order chi connectivity index (χ0) is 19.0. The van der Waals surface area contributed by atoms with Crippen molar-refractivity contribution in [3.63, 3.8) is 0 Å². The summed E-state index contributed by atoms with van der Waals surface area (Å²) in [6.07, 6.45) is 10.3. The molecule has 1 aromatic rings. The fraction of sp³-hybridized carbons (Fsp3) is 0.696. The van der Waals surface area contributed by atoms with Gasteiger partial charge in [-0.1, -0.05) is 17.7 Å². The van der Waals surface area contributed by atoms with Gasteiger partial charge in [0.25, 0.3) is 5.91 Å². The first-order valence-electron chi connectivity index (χ1n) is 10.6. The normalized spacial score (nSPS) is 31.5. The van der Waals surface area contributed by atoms with Crippen LogP contribution in [0, 0.1) is 23.2 Å². The van der Waals surface area contributed by atoms with Gasteiger partial charge in [0.05, 0.1) is 10.6 Å². The quantitative estimate of drug-likeness (QED) is 0.728. The number of amides is 1. The van der Waals surface area contributed by atoms with Crippen LogP contribution in [0.25, 0.3) is 0 Å². The van der Waals surface area contributed by atoms with Crippen molar-refractivity contribution in [2.24, 2.45) is 23.2 Å². The van der Waals surface area contributed by atoms with Crippen LogP contribution in [0.3, 0.4) is 0 Å². The predicted molar refractivity (Wildman–Crippen MR) is 111 cm³/mol. The van der Waals surface area contributed by atoms with E-state index in [4.69, 9.17) is 11.6 Å². The van der Waals surface area contributed by atoms with Gasteiger partial charge in [0.2, 0.25) is 0 Å². The Morgan fingerprint density at radius 2 is 1.78 bits per heavy atom. The molecule has 4 aliphatic rings. The zero-order valence-electron chi connectivity index (χ0n) is 16.8. The van der Waals surface area contributed by atoms with Crippen molar-refractivity contribution in [3.05, 3.63) is 34.3 Å². The van der Waals surface area contributed by atoms with Crippen LogP contribution < -0.4 is 5.32 Å². The molecule has 0 saturated heterocycles. The van der Waals surface area contributed by atoms with Crippen LogP contribution in [0.2, 0.25) is 5.02 Å². The fourth-order valence-corrected chi connectivity index (χ4v) is 6.57. The van der Waals surface area contributed by atoms with Gasteiger partial charge in [-0.15, -0.1) is 0 Å². The minimum Gasteiger partial charge on any atom is -0.351 e. The molecule has 0 spiro atoms. The lowest BCUT2D eigenvalue weighted by Crippen LogP contribution is -2.51. The van der Waals surface area contributed by atoms with Gasteiger partial charge in [0, 0.05) is 6.54 Å². The average molecular weight is 389 g/mol. The standard InChI is InChI=1S/C23H33ClN2O/c1-26(2)7-3-4-16-5-6-21(24)20(11-16)22(27)25-15-23-12-17-8-18(13-23)10-19(9-17)14-23/h5-6,11,17-19H,3-4,7-10,12-15H2,1-2H3,(H,25,27). The molecule has 5 rings (SSSR count). The molecule has 0 radical (unpaired) electrons. The second-order valence-electron chi connectivity index (χ2n) is 9.82. The van der Waals surface area contributed by atoms with E-state index in [0.29, 0.717) is 16.0 Å². The number of nitrogens with zero attached hydrogens (tertiary/aromatic N) is 1. The SMILES string of the molecule is CN(C)CCCc1ccc(Cl)c(C(=O)NCC23CC4CC(CC(C4)C2)C3)c1. The summed E-state index contributed by atoms with van der Waals surface area (Å²) in [7, 11) is 4.18. The van der Waals surface area contributed by atoms with Gasteiger partial charge < -0.3 is 10.2 Å². The summed E-state index contributed by atoms with van der Waals surface area (Å²) in [4.78, 5) is 15.1. The molecule has 27 heavy (non-hydrogen) atoms. The van der Waals surface area contributed by atoms with Crippen molar-refractivity contribution in [1.29, 1.82) is 0 Å². The molecule has 4 fully saturated rings. The third-order valence-electron chi connectivity index (χ3n) is 7.14. The Labute approximate surface area is 168 Å². The lowest BCUT2D eigenvalue weighted by Gasteiger charge is -2.56. The molecule has 1 N–H and O–H groups in total. The van der Waals surface area contributed by atoms with Crippen LogP contribution in [0.4, 0.5) is 0 Å². The van der Waals surface area contributed by atoms with Crippen molar-refractivity contribution >= 4 is 17.5 Å². The second kappa shape index (κ2) is 7.75. The largest absolute Gasteiger partial charge is 0.351 e. The molecule has 0 heterocycles. The summed E-state index contributed by atoms with van der Waals surface area (Å²) in [5.41, 5.74) is 2.20. The molecule has 4 aliphatic carbocycles. The van der Waals surface area contributed by atoms with Gasteiger partial charge >= 0.3 is 0 Å². The molecule has 0 aromatic heterocycles. The molecule has 4 heteroatoms. The summed E-state index contributed by atoms with van der Waals surface area (Å²) in [5, 5.41) is 3.83. The minimum absolute atomic E-state index is 0.00482. The van der Waals surface area contributed by atoms with Gasteiger partial charge in [-0.3, -0.25) is 4.79 Å². The molecule has 4 saturated carbocycles. The number of hydrogen-bond donors (Lipinski definition) is 1. The maximum absolute atomic E-state index is 12.9. The summed E-state index contributed by atoms with van der Waals surface area (Å²) >= 11 is 6.36. The van der Waals surface area contributed by atoms with E-state index in [1.165, 1.54) is 44.1 Å². The first-order valence-corrected chi connectivity index (χ1v) is 11.0. The highest BCUT2D eigenvalue weighted by Gasteiger charge is 2.50.